The summed E-state index contributed by atoms with van der Waals surface area (Å²) in [6.45, 7) is 7.73. The molecule has 2 rings (SSSR count). The van der Waals surface area contributed by atoms with E-state index in [0.29, 0.717) is 27.3 Å². The van der Waals surface area contributed by atoms with Gasteiger partial charge in [0.25, 0.3) is 0 Å². The third-order valence-electron chi connectivity index (χ3n) is 3.06. The van der Waals surface area contributed by atoms with Crippen molar-refractivity contribution in [2.75, 3.05) is 0 Å². The van der Waals surface area contributed by atoms with E-state index in [0.717, 1.165) is 6.07 Å². The SMILES string of the molecule is Cc1c(-c2ccc(F)cc2F)[nH]c(C(C)(C)C)nc1=S. The van der Waals surface area contributed by atoms with Crippen LogP contribution in [-0.2, 0) is 5.41 Å². The van der Waals surface area contributed by atoms with Gasteiger partial charge >= 0.3 is 0 Å². The number of halogens is 2. The van der Waals surface area contributed by atoms with Crippen molar-refractivity contribution >= 4 is 12.2 Å². The molecule has 0 aliphatic carbocycles. The highest BCUT2D eigenvalue weighted by Gasteiger charge is 2.20. The molecule has 5 heteroatoms. The van der Waals surface area contributed by atoms with E-state index in [4.69, 9.17) is 12.2 Å². The van der Waals surface area contributed by atoms with Gasteiger partial charge in [0.1, 0.15) is 22.1 Å². The predicted octanol–water partition coefficient (Wildman–Crippen LogP) is 4.69. The van der Waals surface area contributed by atoms with Gasteiger partial charge in [0.2, 0.25) is 0 Å². The molecule has 2 nitrogen and oxygen atoms in total. The summed E-state index contributed by atoms with van der Waals surface area (Å²) in [5.41, 5.74) is 1.28. The molecule has 1 aromatic heterocycles. The van der Waals surface area contributed by atoms with E-state index in [1.807, 2.05) is 20.8 Å². The number of H-pyrrole nitrogens is 1. The summed E-state index contributed by atoms with van der Waals surface area (Å²) >= 11 is 5.24. The van der Waals surface area contributed by atoms with Crippen LogP contribution in [0.3, 0.4) is 0 Å². The highest BCUT2D eigenvalue weighted by Crippen LogP contribution is 2.28. The maximum Gasteiger partial charge on any atom is 0.135 e. The Hall–Kier alpha value is -1.62. The number of aromatic amines is 1. The van der Waals surface area contributed by atoms with Gasteiger partial charge in [-0.25, -0.2) is 13.8 Å². The van der Waals surface area contributed by atoms with Crippen molar-refractivity contribution in [2.45, 2.75) is 33.1 Å². The number of benzene rings is 1. The quantitative estimate of drug-likeness (QED) is 0.773. The van der Waals surface area contributed by atoms with E-state index >= 15 is 0 Å². The smallest absolute Gasteiger partial charge is 0.135 e. The molecular weight excluding hydrogens is 278 g/mol. The monoisotopic (exact) mass is 294 g/mol. The first-order valence-corrected chi connectivity index (χ1v) is 6.68. The summed E-state index contributed by atoms with van der Waals surface area (Å²) < 4.78 is 27.4. The van der Waals surface area contributed by atoms with Gasteiger partial charge in [0.15, 0.2) is 0 Å². The normalized spacial score (nSPS) is 11.7. The van der Waals surface area contributed by atoms with Crippen molar-refractivity contribution in [1.29, 1.82) is 0 Å². The third kappa shape index (κ3) is 2.77. The minimum Gasteiger partial charge on any atom is -0.342 e. The molecule has 106 valence electrons. The average Bonchev–Trinajstić information content (AvgIpc) is 2.32. The van der Waals surface area contributed by atoms with Crippen LogP contribution in [0.1, 0.15) is 32.2 Å². The molecule has 0 aliphatic rings. The molecule has 0 radical (unpaired) electrons. The van der Waals surface area contributed by atoms with Crippen LogP contribution in [-0.4, -0.2) is 9.97 Å². The van der Waals surface area contributed by atoms with Crippen molar-refractivity contribution in [3.8, 4) is 11.3 Å². The van der Waals surface area contributed by atoms with E-state index in [1.54, 1.807) is 6.92 Å². The number of nitrogens with one attached hydrogen (secondary N) is 1. The van der Waals surface area contributed by atoms with Crippen LogP contribution in [0.15, 0.2) is 18.2 Å². The fraction of sp³-hybridized carbons (Fsp3) is 0.333. The Balaban J connectivity index is 2.73. The van der Waals surface area contributed by atoms with Crippen LogP contribution in [0.25, 0.3) is 11.3 Å². The number of aromatic nitrogens is 2. The molecule has 1 heterocycles. The summed E-state index contributed by atoms with van der Waals surface area (Å²) in [7, 11) is 0. The number of hydrogen-bond acceptors (Lipinski definition) is 2. The molecule has 0 aliphatic heterocycles. The first-order valence-electron chi connectivity index (χ1n) is 6.27. The zero-order chi connectivity index (χ0) is 15.1. The van der Waals surface area contributed by atoms with Crippen molar-refractivity contribution < 1.29 is 8.78 Å². The lowest BCUT2D eigenvalue weighted by Crippen LogP contribution is -2.17. The van der Waals surface area contributed by atoms with Gasteiger partial charge in [-0.3, -0.25) is 0 Å². The van der Waals surface area contributed by atoms with E-state index in [-0.39, 0.29) is 5.41 Å². The minimum atomic E-state index is -0.621. The Labute approximate surface area is 121 Å². The van der Waals surface area contributed by atoms with Crippen LogP contribution >= 0.6 is 12.2 Å². The fourth-order valence-electron chi connectivity index (χ4n) is 1.85. The largest absolute Gasteiger partial charge is 0.342 e. The molecule has 0 atom stereocenters. The van der Waals surface area contributed by atoms with Crippen LogP contribution in [0.2, 0.25) is 0 Å². The van der Waals surface area contributed by atoms with Gasteiger partial charge in [0, 0.05) is 22.6 Å². The summed E-state index contributed by atoms with van der Waals surface area (Å²) in [5, 5.41) is 0. The Bertz CT molecular complexity index is 715. The van der Waals surface area contributed by atoms with Gasteiger partial charge in [-0.1, -0.05) is 33.0 Å². The molecule has 0 unspecified atom stereocenters. The molecular formula is C15H16F2N2S. The highest BCUT2D eigenvalue weighted by atomic mass is 32.1. The first-order chi connectivity index (χ1) is 9.20. The van der Waals surface area contributed by atoms with E-state index < -0.39 is 11.6 Å². The van der Waals surface area contributed by atoms with E-state index in [2.05, 4.69) is 9.97 Å². The second-order valence-electron chi connectivity index (χ2n) is 5.76. The van der Waals surface area contributed by atoms with Crippen LogP contribution < -0.4 is 0 Å². The Kier molecular flexibility index (Phi) is 3.73. The number of nitrogens with zero attached hydrogens (tertiary/aromatic N) is 1. The van der Waals surface area contributed by atoms with Gasteiger partial charge < -0.3 is 4.98 Å². The van der Waals surface area contributed by atoms with Crippen molar-refractivity contribution in [3.05, 3.63) is 45.9 Å². The first kappa shape index (κ1) is 14.8. The lowest BCUT2D eigenvalue weighted by atomic mass is 9.95. The highest BCUT2D eigenvalue weighted by molar-refractivity contribution is 7.71. The second-order valence-corrected chi connectivity index (χ2v) is 6.15. The van der Waals surface area contributed by atoms with Crippen molar-refractivity contribution in [3.63, 3.8) is 0 Å². The fourth-order valence-corrected chi connectivity index (χ4v) is 2.04. The van der Waals surface area contributed by atoms with Crippen molar-refractivity contribution in [1.82, 2.24) is 9.97 Å². The maximum atomic E-state index is 14.0. The molecule has 0 bridgehead atoms. The van der Waals surface area contributed by atoms with E-state index in [1.165, 1.54) is 12.1 Å². The zero-order valence-corrected chi connectivity index (χ0v) is 12.7. The Morgan fingerprint density at radius 1 is 1.20 bits per heavy atom. The van der Waals surface area contributed by atoms with Gasteiger partial charge in [0.05, 0.1) is 5.69 Å². The van der Waals surface area contributed by atoms with E-state index in [9.17, 15) is 8.78 Å². The standard InChI is InChI=1S/C15H16F2N2S/c1-8-12(10-6-5-9(16)7-11(10)17)18-14(15(2,3)4)19-13(8)20/h5-7H,1-4H3,(H,18,19,20). The van der Waals surface area contributed by atoms with Gasteiger partial charge in [-0.15, -0.1) is 0 Å². The summed E-state index contributed by atoms with van der Waals surface area (Å²) in [4.78, 5) is 7.47. The van der Waals surface area contributed by atoms with Gasteiger partial charge in [-0.2, -0.15) is 0 Å². The summed E-state index contributed by atoms with van der Waals surface area (Å²) in [6.07, 6.45) is 0. The lowest BCUT2D eigenvalue weighted by Gasteiger charge is -2.20. The van der Waals surface area contributed by atoms with Crippen LogP contribution in [0, 0.1) is 23.2 Å². The van der Waals surface area contributed by atoms with Gasteiger partial charge in [-0.05, 0) is 19.1 Å². The average molecular weight is 294 g/mol. The molecule has 20 heavy (non-hydrogen) atoms. The minimum absolute atomic E-state index is 0.244. The van der Waals surface area contributed by atoms with Crippen molar-refractivity contribution in [2.24, 2.45) is 0 Å². The molecule has 0 saturated heterocycles. The number of hydrogen-bond donors (Lipinski definition) is 1. The Morgan fingerprint density at radius 3 is 2.40 bits per heavy atom. The molecule has 1 aromatic carbocycles. The molecule has 0 amide bonds. The molecule has 0 fully saturated rings. The topological polar surface area (TPSA) is 28.7 Å². The predicted molar refractivity (Wildman–Crippen MR) is 78.2 cm³/mol. The maximum absolute atomic E-state index is 14.0. The summed E-state index contributed by atoms with van der Waals surface area (Å²) in [5.74, 6) is -0.552. The number of rotatable bonds is 1. The summed E-state index contributed by atoms with van der Waals surface area (Å²) in [6, 6.07) is 3.50. The Morgan fingerprint density at radius 2 is 1.85 bits per heavy atom. The second kappa shape index (κ2) is 5.05. The molecule has 0 spiro atoms. The molecule has 2 aromatic rings. The third-order valence-corrected chi connectivity index (χ3v) is 3.46. The van der Waals surface area contributed by atoms with Crippen LogP contribution in [0.4, 0.5) is 8.78 Å². The molecule has 0 saturated carbocycles. The molecule has 1 N–H and O–H groups in total. The van der Waals surface area contributed by atoms with Crippen LogP contribution in [0.5, 0.6) is 0 Å². The zero-order valence-electron chi connectivity index (χ0n) is 11.8. The lowest BCUT2D eigenvalue weighted by molar-refractivity contribution is 0.543.